The van der Waals surface area contributed by atoms with Gasteiger partial charge in [-0.2, -0.15) is 0 Å². The molecule has 34 heavy (non-hydrogen) atoms. The zero-order chi connectivity index (χ0) is 23.7. The molecule has 1 N–H and O–H groups in total. The lowest BCUT2D eigenvalue weighted by atomic mass is 9.89. The van der Waals surface area contributed by atoms with E-state index in [2.05, 4.69) is 14.7 Å². The van der Waals surface area contributed by atoms with Crippen molar-refractivity contribution in [1.29, 1.82) is 0 Å². The highest BCUT2D eigenvalue weighted by Crippen LogP contribution is 2.33. The van der Waals surface area contributed by atoms with Crippen molar-refractivity contribution in [3.05, 3.63) is 53.5 Å². The summed E-state index contributed by atoms with van der Waals surface area (Å²) in [4.78, 5) is 27.0. The smallest absolute Gasteiger partial charge is 0.406 e. The summed E-state index contributed by atoms with van der Waals surface area (Å²) < 4.78 is 52.1. The van der Waals surface area contributed by atoms with Crippen LogP contribution in [0.4, 0.5) is 13.2 Å². The van der Waals surface area contributed by atoms with E-state index in [4.69, 9.17) is 14.5 Å². The summed E-state index contributed by atoms with van der Waals surface area (Å²) in [5, 5.41) is 0. The summed E-state index contributed by atoms with van der Waals surface area (Å²) in [6.07, 6.45) is -1.78. The fourth-order valence-corrected chi connectivity index (χ4v) is 4.45. The maximum Gasteiger partial charge on any atom is 0.573 e. The van der Waals surface area contributed by atoms with Gasteiger partial charge in [-0.05, 0) is 54.7 Å². The average Bonchev–Trinajstić information content (AvgIpc) is 3.28. The normalized spacial score (nSPS) is 20.0. The molecule has 11 heteroatoms. The van der Waals surface area contributed by atoms with Gasteiger partial charge in [-0.3, -0.25) is 4.79 Å². The molecular formula is C23H23F3N4O4. The van der Waals surface area contributed by atoms with Gasteiger partial charge in [0.25, 0.3) is 5.91 Å². The molecule has 1 aromatic carbocycles. The van der Waals surface area contributed by atoms with Gasteiger partial charge in [0, 0.05) is 24.8 Å². The summed E-state index contributed by atoms with van der Waals surface area (Å²) in [6, 6.07) is 6.97. The Morgan fingerprint density at radius 2 is 1.88 bits per heavy atom. The number of ether oxygens (including phenoxy) is 3. The number of alkyl halides is 3. The largest absolute Gasteiger partial charge is 0.573 e. The molecule has 5 rings (SSSR count). The first-order valence-corrected chi connectivity index (χ1v) is 11.1. The highest BCUT2D eigenvalue weighted by atomic mass is 19.4. The number of nitrogens with zero attached hydrogens (tertiary/aromatic N) is 3. The third-order valence-corrected chi connectivity index (χ3v) is 6.11. The molecular weight excluding hydrogens is 453 g/mol. The summed E-state index contributed by atoms with van der Waals surface area (Å²) in [5.41, 5.74) is 2.90. The maximum atomic E-state index is 12.8. The number of rotatable bonds is 4. The fraction of sp³-hybridized carbons (Fsp3) is 0.435. The predicted octanol–water partition coefficient (Wildman–Crippen LogP) is 3.96. The number of benzene rings is 1. The van der Waals surface area contributed by atoms with E-state index < -0.39 is 6.36 Å². The van der Waals surface area contributed by atoms with Gasteiger partial charge >= 0.3 is 6.36 Å². The van der Waals surface area contributed by atoms with Gasteiger partial charge in [-0.25, -0.2) is 9.97 Å². The van der Waals surface area contributed by atoms with Crippen molar-refractivity contribution < 1.29 is 32.2 Å². The van der Waals surface area contributed by atoms with Gasteiger partial charge in [-0.15, -0.1) is 13.2 Å². The summed E-state index contributed by atoms with van der Waals surface area (Å²) >= 11 is 0. The number of fused-ring (bicyclic) bond motifs is 1. The highest BCUT2D eigenvalue weighted by molar-refractivity contribution is 5.94. The van der Waals surface area contributed by atoms with Crippen LogP contribution in [0, 0.1) is 0 Å². The molecule has 2 aliphatic rings. The molecule has 8 nitrogen and oxygen atoms in total. The van der Waals surface area contributed by atoms with Crippen LogP contribution >= 0.6 is 0 Å². The van der Waals surface area contributed by atoms with E-state index in [0.717, 1.165) is 36.1 Å². The van der Waals surface area contributed by atoms with Crippen LogP contribution in [0.3, 0.4) is 0 Å². The minimum absolute atomic E-state index is 0.205. The van der Waals surface area contributed by atoms with Crippen LogP contribution in [-0.4, -0.2) is 65.0 Å². The van der Waals surface area contributed by atoms with E-state index in [-0.39, 0.29) is 23.7 Å². The number of carbonyl (C=O) groups is 1. The molecule has 3 aromatic rings. The van der Waals surface area contributed by atoms with E-state index in [1.807, 2.05) is 6.07 Å². The Morgan fingerprint density at radius 1 is 1.12 bits per heavy atom. The Bertz CT molecular complexity index is 1150. The van der Waals surface area contributed by atoms with Gasteiger partial charge < -0.3 is 24.1 Å². The molecule has 2 saturated heterocycles. The third kappa shape index (κ3) is 4.85. The molecule has 0 aliphatic carbocycles. The van der Waals surface area contributed by atoms with Crippen molar-refractivity contribution in [1.82, 2.24) is 19.9 Å². The molecule has 0 unspecified atom stereocenters. The second-order valence-corrected chi connectivity index (χ2v) is 8.29. The van der Waals surface area contributed by atoms with Crippen molar-refractivity contribution in [3.63, 3.8) is 0 Å². The van der Waals surface area contributed by atoms with Crippen LogP contribution in [0.1, 0.15) is 46.6 Å². The molecule has 0 saturated carbocycles. The molecule has 1 atom stereocenters. The number of H-pyrrole nitrogens is 1. The third-order valence-electron chi connectivity index (χ3n) is 6.11. The van der Waals surface area contributed by atoms with Crippen molar-refractivity contribution in [2.24, 2.45) is 0 Å². The molecule has 2 fully saturated rings. The number of aromatic nitrogens is 3. The van der Waals surface area contributed by atoms with Gasteiger partial charge in [0.1, 0.15) is 23.2 Å². The van der Waals surface area contributed by atoms with Gasteiger partial charge in [-0.1, -0.05) is 0 Å². The van der Waals surface area contributed by atoms with Crippen molar-refractivity contribution in [2.75, 3.05) is 32.9 Å². The van der Waals surface area contributed by atoms with Crippen LogP contribution < -0.4 is 4.74 Å². The number of hydrogen-bond acceptors (Lipinski definition) is 6. The Labute approximate surface area is 193 Å². The van der Waals surface area contributed by atoms with Gasteiger partial charge in [0.2, 0.25) is 0 Å². The molecule has 0 radical (unpaired) electrons. The number of nitrogens with one attached hydrogen (secondary N) is 1. The maximum absolute atomic E-state index is 12.8. The SMILES string of the molecule is O=C(c1ccc(OC(F)(F)F)cc1)N1CCC(c2ccnc3[nH]c([C@H]4COCCO4)nc23)CC1. The van der Waals surface area contributed by atoms with Crippen molar-refractivity contribution in [2.45, 2.75) is 31.2 Å². The standard InChI is InChI=1S/C23H23F3N4O4/c24-23(25,26)34-16-3-1-15(2-4-16)22(31)30-9-6-14(7-10-30)17-5-8-27-21-19(17)28-20(29-21)18-13-32-11-12-33-18/h1-5,8,14,18H,6-7,9-13H2,(H,27,28,29)/t18-/m1/s1. The molecule has 1 amide bonds. The lowest BCUT2D eigenvalue weighted by Gasteiger charge is -2.32. The number of amides is 1. The summed E-state index contributed by atoms with van der Waals surface area (Å²) in [6.45, 7) is 2.60. The number of carbonyl (C=O) groups excluding carboxylic acids is 1. The molecule has 2 aliphatic heterocycles. The Morgan fingerprint density at radius 3 is 2.56 bits per heavy atom. The first-order valence-electron chi connectivity index (χ1n) is 11.1. The van der Waals surface area contributed by atoms with E-state index in [0.29, 0.717) is 49.9 Å². The Kier molecular flexibility index (Phi) is 6.13. The Balaban J connectivity index is 1.25. The van der Waals surface area contributed by atoms with Crippen LogP contribution in [0.2, 0.25) is 0 Å². The number of likely N-dealkylation sites (tertiary alicyclic amines) is 1. The number of imidazole rings is 1. The van der Waals surface area contributed by atoms with Gasteiger partial charge in [0.15, 0.2) is 5.65 Å². The predicted molar refractivity (Wildman–Crippen MR) is 114 cm³/mol. The van der Waals surface area contributed by atoms with Crippen LogP contribution in [0.5, 0.6) is 5.75 Å². The topological polar surface area (TPSA) is 89.6 Å². The quantitative estimate of drug-likeness (QED) is 0.613. The molecule has 0 bridgehead atoms. The van der Waals surface area contributed by atoms with E-state index in [1.54, 1.807) is 11.1 Å². The minimum Gasteiger partial charge on any atom is -0.406 e. The summed E-state index contributed by atoms with van der Waals surface area (Å²) in [5.74, 6) is 0.332. The van der Waals surface area contributed by atoms with Crippen molar-refractivity contribution >= 4 is 17.1 Å². The van der Waals surface area contributed by atoms with Crippen LogP contribution in [0.15, 0.2) is 36.5 Å². The molecule has 2 aromatic heterocycles. The first-order chi connectivity index (χ1) is 16.4. The lowest BCUT2D eigenvalue weighted by Crippen LogP contribution is -2.38. The second kappa shape index (κ2) is 9.22. The lowest BCUT2D eigenvalue weighted by molar-refractivity contribution is -0.274. The van der Waals surface area contributed by atoms with Gasteiger partial charge in [0.05, 0.1) is 19.8 Å². The molecule has 0 spiro atoms. The van der Waals surface area contributed by atoms with E-state index in [9.17, 15) is 18.0 Å². The summed E-state index contributed by atoms with van der Waals surface area (Å²) in [7, 11) is 0. The zero-order valence-corrected chi connectivity index (χ0v) is 18.2. The monoisotopic (exact) mass is 476 g/mol. The number of hydrogen-bond donors (Lipinski definition) is 1. The first kappa shape index (κ1) is 22.6. The number of piperidine rings is 1. The number of aromatic amines is 1. The number of halogens is 3. The molecule has 4 heterocycles. The average molecular weight is 476 g/mol. The highest BCUT2D eigenvalue weighted by Gasteiger charge is 2.31. The Hall–Kier alpha value is -3.18. The molecule has 180 valence electrons. The van der Waals surface area contributed by atoms with Crippen LogP contribution in [0.25, 0.3) is 11.2 Å². The second-order valence-electron chi connectivity index (χ2n) is 8.29. The number of pyridine rings is 1. The van der Waals surface area contributed by atoms with E-state index in [1.165, 1.54) is 12.1 Å². The zero-order valence-electron chi connectivity index (χ0n) is 18.2. The van der Waals surface area contributed by atoms with Crippen LogP contribution in [-0.2, 0) is 9.47 Å². The van der Waals surface area contributed by atoms with E-state index >= 15 is 0 Å². The minimum atomic E-state index is -4.77. The van der Waals surface area contributed by atoms with Crippen molar-refractivity contribution in [3.8, 4) is 5.75 Å². The fourth-order valence-electron chi connectivity index (χ4n) is 4.45.